The maximum atomic E-state index is 12.5. The van der Waals surface area contributed by atoms with E-state index in [9.17, 15) is 13.2 Å². The van der Waals surface area contributed by atoms with Crippen LogP contribution in [-0.2, 0) is 6.18 Å². The highest BCUT2D eigenvalue weighted by atomic mass is 19.4. The molecule has 0 bridgehead atoms. The van der Waals surface area contributed by atoms with Crippen LogP contribution < -0.4 is 11.1 Å². The van der Waals surface area contributed by atoms with E-state index in [0.29, 0.717) is 12.2 Å². The lowest BCUT2D eigenvalue weighted by Crippen LogP contribution is -2.45. The van der Waals surface area contributed by atoms with Crippen LogP contribution in [0.2, 0.25) is 0 Å². The molecule has 3 N–H and O–H groups in total. The van der Waals surface area contributed by atoms with Crippen molar-refractivity contribution in [1.82, 2.24) is 4.98 Å². The first-order valence-electron chi connectivity index (χ1n) is 5.87. The first-order chi connectivity index (χ1) is 8.30. The molecule has 0 aromatic carbocycles. The number of hydrogen-bond acceptors (Lipinski definition) is 3. The van der Waals surface area contributed by atoms with E-state index in [0.717, 1.165) is 25.1 Å². The number of anilines is 1. The van der Waals surface area contributed by atoms with Gasteiger partial charge in [-0.05, 0) is 25.0 Å². The number of nitrogens with one attached hydrogen (secondary N) is 1. The van der Waals surface area contributed by atoms with Crippen molar-refractivity contribution in [2.45, 2.75) is 38.4 Å². The summed E-state index contributed by atoms with van der Waals surface area (Å²) in [5.74, 6) is 0. The molecule has 0 spiro atoms. The Morgan fingerprint density at radius 2 is 1.89 bits per heavy atom. The maximum absolute atomic E-state index is 12.5. The smallest absolute Gasteiger partial charge is 0.383 e. The Balaban J connectivity index is 2.75. The van der Waals surface area contributed by atoms with Gasteiger partial charge in [0.05, 0.1) is 0 Å². The minimum Gasteiger partial charge on any atom is -0.383 e. The van der Waals surface area contributed by atoms with Crippen molar-refractivity contribution < 1.29 is 13.2 Å². The summed E-state index contributed by atoms with van der Waals surface area (Å²) in [6.07, 6.45) is -1.77. The Labute approximate surface area is 105 Å². The SMILES string of the molecule is CCC(N)(CC)CNc1ccnc(C(F)(F)F)c1. The molecule has 1 aromatic rings. The number of pyridine rings is 1. The molecule has 102 valence electrons. The van der Waals surface area contributed by atoms with Crippen molar-refractivity contribution in [2.75, 3.05) is 11.9 Å². The Morgan fingerprint density at radius 3 is 2.39 bits per heavy atom. The molecule has 1 heterocycles. The summed E-state index contributed by atoms with van der Waals surface area (Å²) in [6.45, 7) is 4.35. The van der Waals surface area contributed by atoms with Crippen LogP contribution in [0.1, 0.15) is 32.4 Å². The second-order valence-corrected chi connectivity index (χ2v) is 4.35. The Kier molecular flexibility index (Phi) is 4.56. The highest BCUT2D eigenvalue weighted by Crippen LogP contribution is 2.28. The average molecular weight is 261 g/mol. The zero-order valence-corrected chi connectivity index (χ0v) is 10.5. The van der Waals surface area contributed by atoms with Crippen LogP contribution >= 0.6 is 0 Å². The lowest BCUT2D eigenvalue weighted by atomic mass is 9.94. The number of hydrogen-bond donors (Lipinski definition) is 2. The number of halogens is 3. The van der Waals surface area contributed by atoms with Crippen molar-refractivity contribution in [3.8, 4) is 0 Å². The van der Waals surface area contributed by atoms with Crippen LogP contribution in [0.4, 0.5) is 18.9 Å². The van der Waals surface area contributed by atoms with Crippen molar-refractivity contribution >= 4 is 5.69 Å². The molecule has 0 saturated heterocycles. The van der Waals surface area contributed by atoms with Crippen LogP contribution in [0.5, 0.6) is 0 Å². The molecule has 0 aliphatic heterocycles. The summed E-state index contributed by atoms with van der Waals surface area (Å²) in [7, 11) is 0. The van der Waals surface area contributed by atoms with Crippen LogP contribution in [0.3, 0.4) is 0 Å². The van der Waals surface area contributed by atoms with E-state index >= 15 is 0 Å². The van der Waals surface area contributed by atoms with E-state index < -0.39 is 17.4 Å². The molecule has 6 heteroatoms. The molecular weight excluding hydrogens is 243 g/mol. The number of nitrogens with zero attached hydrogens (tertiary/aromatic N) is 1. The van der Waals surface area contributed by atoms with Gasteiger partial charge in [-0.3, -0.25) is 4.98 Å². The molecular formula is C12H18F3N3. The second-order valence-electron chi connectivity index (χ2n) is 4.35. The summed E-state index contributed by atoms with van der Waals surface area (Å²) >= 11 is 0. The number of aromatic nitrogens is 1. The predicted octanol–water partition coefficient (Wildman–Crippen LogP) is 3.03. The van der Waals surface area contributed by atoms with E-state index in [1.165, 1.54) is 6.07 Å². The van der Waals surface area contributed by atoms with Crippen LogP contribution in [0.25, 0.3) is 0 Å². The first kappa shape index (κ1) is 14.8. The van der Waals surface area contributed by atoms with Gasteiger partial charge >= 0.3 is 6.18 Å². The molecule has 0 aliphatic carbocycles. The normalized spacial score (nSPS) is 12.6. The fraction of sp³-hybridized carbons (Fsp3) is 0.583. The maximum Gasteiger partial charge on any atom is 0.433 e. The minimum atomic E-state index is -4.42. The molecule has 0 aliphatic rings. The number of nitrogens with two attached hydrogens (primary N) is 1. The van der Waals surface area contributed by atoms with Crippen LogP contribution in [0, 0.1) is 0 Å². The van der Waals surface area contributed by atoms with Crippen LogP contribution in [-0.4, -0.2) is 17.1 Å². The van der Waals surface area contributed by atoms with Gasteiger partial charge in [-0.25, -0.2) is 0 Å². The molecule has 0 radical (unpaired) electrons. The lowest BCUT2D eigenvalue weighted by molar-refractivity contribution is -0.141. The van der Waals surface area contributed by atoms with Crippen molar-refractivity contribution in [2.24, 2.45) is 5.73 Å². The summed E-state index contributed by atoms with van der Waals surface area (Å²) in [5.41, 5.74) is 5.15. The average Bonchev–Trinajstić information content (AvgIpc) is 2.35. The quantitative estimate of drug-likeness (QED) is 0.856. The Hall–Kier alpha value is -1.30. The highest BCUT2D eigenvalue weighted by Gasteiger charge is 2.32. The summed E-state index contributed by atoms with van der Waals surface area (Å²) < 4.78 is 37.4. The van der Waals surface area contributed by atoms with Crippen molar-refractivity contribution in [3.05, 3.63) is 24.0 Å². The summed E-state index contributed by atoms with van der Waals surface area (Å²) in [4.78, 5) is 3.30. The number of alkyl halides is 3. The monoisotopic (exact) mass is 261 g/mol. The molecule has 0 atom stereocenters. The third-order valence-corrected chi connectivity index (χ3v) is 3.10. The fourth-order valence-electron chi connectivity index (χ4n) is 1.47. The topological polar surface area (TPSA) is 50.9 Å². The highest BCUT2D eigenvalue weighted by molar-refractivity contribution is 5.44. The van der Waals surface area contributed by atoms with E-state index in [1.54, 1.807) is 0 Å². The Morgan fingerprint density at radius 1 is 1.28 bits per heavy atom. The second kappa shape index (κ2) is 5.56. The van der Waals surface area contributed by atoms with Crippen molar-refractivity contribution in [1.29, 1.82) is 0 Å². The molecule has 0 unspecified atom stereocenters. The predicted molar refractivity (Wildman–Crippen MR) is 65.2 cm³/mol. The van der Waals surface area contributed by atoms with Gasteiger partial charge in [-0.1, -0.05) is 13.8 Å². The van der Waals surface area contributed by atoms with Crippen LogP contribution in [0.15, 0.2) is 18.3 Å². The molecule has 1 aromatic heterocycles. The molecule has 1 rings (SSSR count). The van der Waals surface area contributed by atoms with E-state index in [-0.39, 0.29) is 0 Å². The van der Waals surface area contributed by atoms with Gasteiger partial charge in [0.1, 0.15) is 5.69 Å². The van der Waals surface area contributed by atoms with E-state index in [2.05, 4.69) is 10.3 Å². The van der Waals surface area contributed by atoms with Gasteiger partial charge in [0, 0.05) is 24.0 Å². The zero-order valence-electron chi connectivity index (χ0n) is 10.5. The zero-order chi connectivity index (χ0) is 13.8. The summed E-state index contributed by atoms with van der Waals surface area (Å²) in [5, 5.41) is 2.93. The minimum absolute atomic E-state index is 0.383. The van der Waals surface area contributed by atoms with Gasteiger partial charge in [0.2, 0.25) is 0 Å². The van der Waals surface area contributed by atoms with Crippen molar-refractivity contribution in [3.63, 3.8) is 0 Å². The standard InChI is InChI=1S/C12H18F3N3/c1-3-11(16,4-2)8-18-9-5-6-17-10(7-9)12(13,14)15/h5-7H,3-4,8,16H2,1-2H3,(H,17,18). The van der Waals surface area contributed by atoms with E-state index in [4.69, 9.17) is 5.73 Å². The van der Waals surface area contributed by atoms with Gasteiger partial charge in [-0.2, -0.15) is 13.2 Å². The summed E-state index contributed by atoms with van der Waals surface area (Å²) in [6, 6.07) is 2.49. The number of rotatable bonds is 5. The molecule has 0 amide bonds. The first-order valence-corrected chi connectivity index (χ1v) is 5.87. The van der Waals surface area contributed by atoms with Gasteiger partial charge in [0.25, 0.3) is 0 Å². The lowest BCUT2D eigenvalue weighted by Gasteiger charge is -2.27. The Bertz CT molecular complexity index is 386. The molecule has 18 heavy (non-hydrogen) atoms. The molecule has 0 fully saturated rings. The molecule has 0 saturated carbocycles. The van der Waals surface area contributed by atoms with Gasteiger partial charge in [-0.15, -0.1) is 0 Å². The third kappa shape index (κ3) is 3.87. The largest absolute Gasteiger partial charge is 0.433 e. The molecule has 3 nitrogen and oxygen atoms in total. The van der Waals surface area contributed by atoms with Gasteiger partial charge < -0.3 is 11.1 Å². The third-order valence-electron chi connectivity index (χ3n) is 3.10. The van der Waals surface area contributed by atoms with Gasteiger partial charge in [0.15, 0.2) is 0 Å². The fourth-order valence-corrected chi connectivity index (χ4v) is 1.47. The van der Waals surface area contributed by atoms with E-state index in [1.807, 2.05) is 13.8 Å².